The summed E-state index contributed by atoms with van der Waals surface area (Å²) in [5, 5.41) is 14.2. The van der Waals surface area contributed by atoms with Gasteiger partial charge in [0.15, 0.2) is 6.09 Å². The molecule has 0 spiro atoms. The van der Waals surface area contributed by atoms with Crippen LogP contribution in [-0.4, -0.2) is 34.2 Å². The molecule has 0 aliphatic carbocycles. The van der Waals surface area contributed by atoms with Crippen LogP contribution in [-0.2, 0) is 9.31 Å². The Morgan fingerprint density at radius 1 is 1.35 bits per heavy atom. The molecule has 2 heterocycles. The highest BCUT2D eigenvalue weighted by atomic mass is 16.7. The highest BCUT2D eigenvalue weighted by molar-refractivity contribution is 6.62. The van der Waals surface area contributed by atoms with Gasteiger partial charge in [-0.15, -0.1) is 0 Å². The summed E-state index contributed by atoms with van der Waals surface area (Å²) in [6.07, 6.45) is 1.35. The molecule has 6 nitrogen and oxygen atoms in total. The number of carbonyl (C=O) groups is 1. The van der Waals surface area contributed by atoms with Crippen LogP contribution in [0, 0.1) is 0 Å². The van der Waals surface area contributed by atoms with Gasteiger partial charge in [0.2, 0.25) is 0 Å². The van der Waals surface area contributed by atoms with Gasteiger partial charge >= 0.3 is 7.12 Å². The van der Waals surface area contributed by atoms with Gasteiger partial charge < -0.3 is 19.2 Å². The molecule has 0 saturated carbocycles. The molecule has 0 atom stereocenters. The summed E-state index contributed by atoms with van der Waals surface area (Å²) in [5.41, 5.74) is -0.351. The third-order valence-corrected chi connectivity index (χ3v) is 3.32. The van der Waals surface area contributed by atoms with Crippen LogP contribution in [0.3, 0.4) is 0 Å². The van der Waals surface area contributed by atoms with E-state index in [0.29, 0.717) is 5.46 Å². The lowest BCUT2D eigenvalue weighted by Crippen LogP contribution is -2.41. The van der Waals surface area contributed by atoms with Gasteiger partial charge in [0.1, 0.15) is 0 Å². The Balaban J connectivity index is 2.23. The molecule has 1 aromatic heterocycles. The SMILES string of the molecule is CC1(C)OB(c2cnn(C(=O)[O-])c2)OC1(C)C. The van der Waals surface area contributed by atoms with Crippen LogP contribution in [0.2, 0.25) is 0 Å². The zero-order valence-corrected chi connectivity index (χ0v) is 10.3. The summed E-state index contributed by atoms with van der Waals surface area (Å²) in [5.74, 6) is 0. The predicted octanol–water partition coefficient (Wildman–Crippen LogP) is -0.626. The number of carbonyl (C=O) groups excluding carboxylic acids is 1. The first-order chi connectivity index (χ1) is 7.73. The molecule has 7 heteroatoms. The summed E-state index contributed by atoms with van der Waals surface area (Å²) in [6.45, 7) is 7.71. The number of nitrogens with zero attached hydrogens (tertiary/aromatic N) is 2. The number of hydrogen-bond acceptors (Lipinski definition) is 5. The van der Waals surface area contributed by atoms with Crippen molar-refractivity contribution >= 4 is 18.7 Å². The molecule has 0 bridgehead atoms. The highest BCUT2D eigenvalue weighted by Crippen LogP contribution is 2.36. The van der Waals surface area contributed by atoms with E-state index < -0.39 is 24.4 Å². The van der Waals surface area contributed by atoms with E-state index in [0.717, 1.165) is 4.68 Å². The largest absolute Gasteiger partial charge is 0.528 e. The van der Waals surface area contributed by atoms with Crippen molar-refractivity contribution in [1.82, 2.24) is 9.78 Å². The van der Waals surface area contributed by atoms with E-state index in [2.05, 4.69) is 5.10 Å². The Hall–Kier alpha value is -1.34. The standard InChI is InChI=1S/C10H15BN2O4/c1-9(2)10(3,4)17-11(16-9)7-5-12-13(6-7)8(14)15/h5-6H,1-4H3,(H,14,15)/p-1. The van der Waals surface area contributed by atoms with E-state index in [1.807, 2.05) is 27.7 Å². The number of aromatic nitrogens is 2. The number of carboxylic acid groups (broad SMARTS) is 1. The molecule has 1 aliphatic heterocycles. The monoisotopic (exact) mass is 237 g/mol. The van der Waals surface area contributed by atoms with Gasteiger partial charge in [0.25, 0.3) is 0 Å². The molecule has 1 saturated heterocycles. The maximum Gasteiger partial charge on any atom is 0.498 e. The van der Waals surface area contributed by atoms with Crippen LogP contribution in [0.15, 0.2) is 12.4 Å². The van der Waals surface area contributed by atoms with Crippen molar-refractivity contribution in [2.75, 3.05) is 0 Å². The van der Waals surface area contributed by atoms with Crippen LogP contribution < -0.4 is 10.6 Å². The first-order valence-electron chi connectivity index (χ1n) is 5.34. The molecule has 1 aliphatic rings. The molecule has 1 fully saturated rings. The Kier molecular flexibility index (Phi) is 2.55. The molecular weight excluding hydrogens is 223 g/mol. The molecule has 0 radical (unpaired) electrons. The fraction of sp³-hybridized carbons (Fsp3) is 0.600. The lowest BCUT2D eigenvalue weighted by atomic mass is 9.82. The van der Waals surface area contributed by atoms with Crippen LogP contribution in [0.5, 0.6) is 0 Å². The Morgan fingerprint density at radius 2 is 1.88 bits per heavy atom. The van der Waals surface area contributed by atoms with Crippen molar-refractivity contribution in [3.63, 3.8) is 0 Å². The van der Waals surface area contributed by atoms with Crippen molar-refractivity contribution < 1.29 is 19.2 Å². The van der Waals surface area contributed by atoms with E-state index in [9.17, 15) is 9.90 Å². The van der Waals surface area contributed by atoms with Crippen LogP contribution in [0.1, 0.15) is 27.7 Å². The Morgan fingerprint density at radius 3 is 2.29 bits per heavy atom. The second kappa shape index (κ2) is 3.58. The zero-order chi connectivity index (χ0) is 12.8. The maximum absolute atomic E-state index is 10.6. The normalized spacial score (nSPS) is 21.8. The van der Waals surface area contributed by atoms with E-state index in [4.69, 9.17) is 9.31 Å². The predicted molar refractivity (Wildman–Crippen MR) is 58.7 cm³/mol. The van der Waals surface area contributed by atoms with E-state index in [1.165, 1.54) is 12.4 Å². The van der Waals surface area contributed by atoms with Crippen molar-refractivity contribution in [2.45, 2.75) is 38.9 Å². The van der Waals surface area contributed by atoms with Crippen LogP contribution in [0.4, 0.5) is 4.79 Å². The van der Waals surface area contributed by atoms with E-state index in [-0.39, 0.29) is 0 Å². The fourth-order valence-electron chi connectivity index (χ4n) is 1.54. The highest BCUT2D eigenvalue weighted by Gasteiger charge is 2.52. The molecule has 2 rings (SSSR count). The Labute approximate surface area is 99.7 Å². The minimum atomic E-state index is -1.38. The van der Waals surface area contributed by atoms with Gasteiger partial charge in [0.05, 0.1) is 11.2 Å². The smallest absolute Gasteiger partial charge is 0.498 e. The van der Waals surface area contributed by atoms with Gasteiger partial charge in [-0.3, -0.25) is 0 Å². The minimum Gasteiger partial charge on any atom is -0.528 e. The minimum absolute atomic E-state index is 0.457. The van der Waals surface area contributed by atoms with Crippen LogP contribution in [0.25, 0.3) is 0 Å². The third kappa shape index (κ3) is 1.96. The molecule has 0 amide bonds. The number of hydrogen-bond donors (Lipinski definition) is 0. The molecule has 17 heavy (non-hydrogen) atoms. The van der Waals surface area contributed by atoms with Gasteiger partial charge in [-0.05, 0) is 27.7 Å². The number of rotatable bonds is 1. The van der Waals surface area contributed by atoms with Gasteiger partial charge in [-0.25, -0.2) is 4.68 Å². The summed E-state index contributed by atoms with van der Waals surface area (Å²) in [6, 6.07) is 0. The fourth-order valence-corrected chi connectivity index (χ4v) is 1.54. The summed E-state index contributed by atoms with van der Waals surface area (Å²) in [4.78, 5) is 10.6. The van der Waals surface area contributed by atoms with Crippen molar-refractivity contribution in [1.29, 1.82) is 0 Å². The summed E-state index contributed by atoms with van der Waals surface area (Å²) in [7, 11) is -0.604. The van der Waals surface area contributed by atoms with E-state index in [1.54, 1.807) is 0 Å². The average molecular weight is 237 g/mol. The van der Waals surface area contributed by atoms with E-state index >= 15 is 0 Å². The first kappa shape index (κ1) is 12.1. The van der Waals surface area contributed by atoms with Crippen molar-refractivity contribution in [3.8, 4) is 0 Å². The maximum atomic E-state index is 10.6. The topological polar surface area (TPSA) is 76.4 Å². The molecule has 92 valence electrons. The third-order valence-electron chi connectivity index (χ3n) is 3.32. The molecule has 0 N–H and O–H groups in total. The van der Waals surface area contributed by atoms with Gasteiger partial charge in [0, 0.05) is 17.9 Å². The summed E-state index contributed by atoms with van der Waals surface area (Å²) < 4.78 is 12.2. The average Bonchev–Trinajstić information content (AvgIpc) is 2.70. The first-order valence-corrected chi connectivity index (χ1v) is 5.34. The zero-order valence-electron chi connectivity index (χ0n) is 10.3. The second-order valence-electron chi connectivity index (χ2n) is 5.07. The van der Waals surface area contributed by atoms with Crippen molar-refractivity contribution in [2.24, 2.45) is 0 Å². The molecule has 0 unspecified atom stereocenters. The lowest BCUT2D eigenvalue weighted by molar-refractivity contribution is -0.251. The second-order valence-corrected chi connectivity index (χ2v) is 5.07. The van der Waals surface area contributed by atoms with Gasteiger partial charge in [-0.2, -0.15) is 5.10 Å². The molecular formula is C10H14BN2O4-. The molecule has 0 aromatic carbocycles. The van der Waals surface area contributed by atoms with Gasteiger partial charge in [-0.1, -0.05) is 0 Å². The molecule has 1 aromatic rings. The summed E-state index contributed by atoms with van der Waals surface area (Å²) >= 11 is 0. The quantitative estimate of drug-likeness (QED) is 0.608. The van der Waals surface area contributed by atoms with Crippen molar-refractivity contribution in [3.05, 3.63) is 12.4 Å². The Bertz CT molecular complexity index is 439. The lowest BCUT2D eigenvalue weighted by Gasteiger charge is -2.32. The van der Waals surface area contributed by atoms with Crippen LogP contribution >= 0.6 is 0 Å².